The zero-order chi connectivity index (χ0) is 14.7. The number of carbonyl (C=O) groups excluding carboxylic acids is 1. The number of rotatable bonds is 4. The second-order valence-electron chi connectivity index (χ2n) is 4.72. The molecule has 1 unspecified atom stereocenters. The van der Waals surface area contributed by atoms with Crippen molar-refractivity contribution in [2.45, 2.75) is 26.3 Å². The lowest BCUT2D eigenvalue weighted by Gasteiger charge is -2.14. The number of nitrogens with one attached hydrogen (secondary N) is 1. The highest BCUT2D eigenvalue weighted by Gasteiger charge is 2.18. The van der Waals surface area contributed by atoms with Gasteiger partial charge in [0.25, 0.3) is 5.91 Å². The number of carbonyl (C=O) groups is 1. The molecule has 0 saturated carbocycles. The van der Waals surface area contributed by atoms with Crippen molar-refractivity contribution in [2.24, 2.45) is 0 Å². The van der Waals surface area contributed by atoms with Gasteiger partial charge in [-0.3, -0.25) is 4.79 Å². The highest BCUT2D eigenvalue weighted by atomic mass is 32.1. The van der Waals surface area contributed by atoms with Gasteiger partial charge < -0.3 is 10.4 Å². The summed E-state index contributed by atoms with van der Waals surface area (Å²) in [5.74, 6) is -1.66. The highest BCUT2D eigenvalue weighted by Crippen LogP contribution is 2.20. The van der Waals surface area contributed by atoms with Crippen molar-refractivity contribution in [1.82, 2.24) is 5.32 Å². The Balaban J connectivity index is 2.04. The first-order valence-electron chi connectivity index (χ1n) is 6.31. The molecule has 1 atom stereocenters. The van der Waals surface area contributed by atoms with Crippen LogP contribution in [0.1, 0.15) is 27.0 Å². The molecule has 1 heterocycles. The van der Waals surface area contributed by atoms with Gasteiger partial charge in [0.15, 0.2) is 0 Å². The van der Waals surface area contributed by atoms with E-state index in [1.807, 2.05) is 26.0 Å². The molecule has 20 heavy (non-hydrogen) atoms. The first-order chi connectivity index (χ1) is 9.47. The van der Waals surface area contributed by atoms with Gasteiger partial charge in [-0.25, -0.2) is 4.39 Å². The summed E-state index contributed by atoms with van der Waals surface area (Å²) in [5, 5.41) is 12.3. The number of aryl methyl sites for hydroxylation is 1. The van der Waals surface area contributed by atoms with E-state index in [9.17, 15) is 14.3 Å². The van der Waals surface area contributed by atoms with Gasteiger partial charge in [0.1, 0.15) is 17.1 Å². The predicted octanol–water partition coefficient (Wildman–Crippen LogP) is 3.26. The molecule has 0 aliphatic rings. The molecule has 0 aliphatic heterocycles. The maximum absolute atomic E-state index is 13.6. The van der Waals surface area contributed by atoms with E-state index in [2.05, 4.69) is 5.32 Å². The number of hydrogen-bond donors (Lipinski definition) is 2. The summed E-state index contributed by atoms with van der Waals surface area (Å²) in [6.45, 7) is 3.87. The molecule has 1 aromatic carbocycles. The van der Waals surface area contributed by atoms with Gasteiger partial charge >= 0.3 is 0 Å². The fraction of sp³-hybridized carbons (Fsp3) is 0.267. The molecular formula is C15H16FNO2S. The van der Waals surface area contributed by atoms with Crippen molar-refractivity contribution in [1.29, 1.82) is 0 Å². The van der Waals surface area contributed by atoms with Crippen molar-refractivity contribution < 1.29 is 14.3 Å². The summed E-state index contributed by atoms with van der Waals surface area (Å²) >= 11 is 1.67. The van der Waals surface area contributed by atoms with Gasteiger partial charge in [0.2, 0.25) is 0 Å². The van der Waals surface area contributed by atoms with Gasteiger partial charge in [0.05, 0.1) is 0 Å². The molecule has 0 radical (unpaired) electrons. The van der Waals surface area contributed by atoms with Crippen molar-refractivity contribution >= 4 is 17.2 Å². The summed E-state index contributed by atoms with van der Waals surface area (Å²) in [4.78, 5) is 14.4. The number of benzene rings is 1. The van der Waals surface area contributed by atoms with E-state index in [4.69, 9.17) is 0 Å². The van der Waals surface area contributed by atoms with Gasteiger partial charge in [0, 0.05) is 22.2 Å². The van der Waals surface area contributed by atoms with Crippen LogP contribution in [0, 0.1) is 12.7 Å². The highest BCUT2D eigenvalue weighted by molar-refractivity contribution is 7.11. The second kappa shape index (κ2) is 6.05. The molecule has 1 amide bonds. The fourth-order valence-electron chi connectivity index (χ4n) is 1.98. The Hall–Kier alpha value is -1.88. The number of phenolic OH excluding ortho intramolecular Hbond substituents is 1. The van der Waals surface area contributed by atoms with E-state index in [0.717, 1.165) is 10.9 Å². The van der Waals surface area contributed by atoms with Crippen LogP contribution < -0.4 is 5.32 Å². The van der Waals surface area contributed by atoms with Crippen molar-refractivity contribution in [2.75, 3.05) is 0 Å². The Kier molecular flexibility index (Phi) is 4.39. The minimum Gasteiger partial charge on any atom is -0.507 e. The Morgan fingerprint density at radius 1 is 1.40 bits per heavy atom. The number of thiophene rings is 1. The van der Waals surface area contributed by atoms with Gasteiger partial charge in [-0.1, -0.05) is 6.07 Å². The van der Waals surface area contributed by atoms with Crippen LogP contribution >= 0.6 is 11.3 Å². The van der Waals surface area contributed by atoms with E-state index in [1.165, 1.54) is 17.0 Å². The summed E-state index contributed by atoms with van der Waals surface area (Å²) < 4.78 is 13.6. The normalized spacial score (nSPS) is 12.2. The van der Waals surface area contributed by atoms with Crippen LogP contribution in [0.2, 0.25) is 0 Å². The van der Waals surface area contributed by atoms with E-state index in [0.29, 0.717) is 6.42 Å². The Morgan fingerprint density at radius 2 is 2.15 bits per heavy atom. The number of phenols is 1. The maximum atomic E-state index is 13.6. The number of halogens is 1. The lowest BCUT2D eigenvalue weighted by Crippen LogP contribution is -2.34. The van der Waals surface area contributed by atoms with Crippen LogP contribution in [0.4, 0.5) is 4.39 Å². The topological polar surface area (TPSA) is 49.3 Å². The third kappa shape index (κ3) is 3.36. The van der Waals surface area contributed by atoms with Crippen LogP contribution in [0.5, 0.6) is 5.75 Å². The number of hydrogen-bond acceptors (Lipinski definition) is 3. The van der Waals surface area contributed by atoms with E-state index in [1.54, 1.807) is 11.3 Å². The minimum atomic E-state index is -0.721. The maximum Gasteiger partial charge on any atom is 0.258 e. The first kappa shape index (κ1) is 14.5. The molecule has 0 spiro atoms. The van der Waals surface area contributed by atoms with Crippen LogP contribution in [0.15, 0.2) is 30.3 Å². The molecule has 106 valence electrons. The van der Waals surface area contributed by atoms with Crippen molar-refractivity contribution in [3.8, 4) is 5.75 Å². The Labute approximate surface area is 121 Å². The molecule has 0 aliphatic carbocycles. The van der Waals surface area contributed by atoms with Crippen molar-refractivity contribution in [3.63, 3.8) is 0 Å². The molecule has 3 nitrogen and oxygen atoms in total. The molecule has 0 saturated heterocycles. The molecule has 2 rings (SSSR count). The Morgan fingerprint density at radius 3 is 2.75 bits per heavy atom. The average Bonchev–Trinajstić information content (AvgIpc) is 2.74. The van der Waals surface area contributed by atoms with E-state index >= 15 is 0 Å². The SMILES string of the molecule is Cc1ccc(CC(C)NC(=O)c2c(O)cccc2F)s1. The summed E-state index contributed by atoms with van der Waals surface area (Å²) in [6, 6.07) is 7.71. The van der Waals surface area contributed by atoms with Gasteiger partial charge in [-0.05, 0) is 38.1 Å². The van der Waals surface area contributed by atoms with Crippen LogP contribution in [0.25, 0.3) is 0 Å². The smallest absolute Gasteiger partial charge is 0.258 e. The van der Waals surface area contributed by atoms with E-state index in [-0.39, 0.29) is 17.4 Å². The Bertz CT molecular complexity index is 604. The number of amides is 1. The largest absolute Gasteiger partial charge is 0.507 e. The van der Waals surface area contributed by atoms with Crippen LogP contribution in [0.3, 0.4) is 0 Å². The van der Waals surface area contributed by atoms with Gasteiger partial charge in [-0.2, -0.15) is 0 Å². The van der Waals surface area contributed by atoms with Crippen molar-refractivity contribution in [3.05, 3.63) is 51.5 Å². The molecular weight excluding hydrogens is 277 g/mol. The molecule has 1 aromatic heterocycles. The summed E-state index contributed by atoms with van der Waals surface area (Å²) in [7, 11) is 0. The first-order valence-corrected chi connectivity index (χ1v) is 7.12. The van der Waals surface area contributed by atoms with Crippen LogP contribution in [-0.2, 0) is 6.42 Å². The minimum absolute atomic E-state index is 0.139. The second-order valence-corrected chi connectivity index (χ2v) is 6.10. The monoisotopic (exact) mass is 293 g/mol. The molecule has 5 heteroatoms. The lowest BCUT2D eigenvalue weighted by molar-refractivity contribution is 0.0933. The third-order valence-corrected chi connectivity index (χ3v) is 3.92. The average molecular weight is 293 g/mol. The van der Waals surface area contributed by atoms with E-state index < -0.39 is 11.7 Å². The zero-order valence-electron chi connectivity index (χ0n) is 11.3. The lowest BCUT2D eigenvalue weighted by atomic mass is 10.1. The summed E-state index contributed by atoms with van der Waals surface area (Å²) in [5.41, 5.74) is -0.304. The third-order valence-electron chi connectivity index (χ3n) is 2.90. The molecule has 2 aromatic rings. The number of aromatic hydroxyl groups is 1. The quantitative estimate of drug-likeness (QED) is 0.909. The molecule has 2 N–H and O–H groups in total. The molecule has 0 fully saturated rings. The fourth-order valence-corrected chi connectivity index (χ4v) is 3.00. The standard InChI is InChI=1S/C15H16FNO2S/c1-9(8-11-7-6-10(2)20-11)17-15(19)14-12(16)4-3-5-13(14)18/h3-7,9,18H,8H2,1-2H3,(H,17,19). The predicted molar refractivity (Wildman–Crippen MR) is 77.8 cm³/mol. The summed E-state index contributed by atoms with van der Waals surface area (Å²) in [6.07, 6.45) is 0.680. The van der Waals surface area contributed by atoms with Gasteiger partial charge in [-0.15, -0.1) is 11.3 Å². The molecule has 0 bridgehead atoms. The zero-order valence-corrected chi connectivity index (χ0v) is 12.1. The van der Waals surface area contributed by atoms with Crippen LogP contribution in [-0.4, -0.2) is 17.1 Å².